The van der Waals surface area contributed by atoms with E-state index in [0.29, 0.717) is 17.0 Å². The average Bonchev–Trinajstić information content (AvgIpc) is 2.97. The lowest BCUT2D eigenvalue weighted by Gasteiger charge is -2.35. The van der Waals surface area contributed by atoms with Crippen LogP contribution in [0.25, 0.3) is 11.3 Å². The van der Waals surface area contributed by atoms with E-state index in [9.17, 15) is 14.7 Å². The monoisotopic (exact) mass is 330 g/mol. The van der Waals surface area contributed by atoms with Crippen molar-refractivity contribution in [3.8, 4) is 11.3 Å². The molecule has 24 heavy (non-hydrogen) atoms. The van der Waals surface area contributed by atoms with Crippen molar-refractivity contribution in [3.63, 3.8) is 0 Å². The van der Waals surface area contributed by atoms with Crippen LogP contribution in [0.2, 0.25) is 0 Å². The minimum absolute atomic E-state index is 0.000921. The maximum atomic E-state index is 12.9. The number of carboxylic acids is 1. The third-order valence-corrected chi connectivity index (χ3v) is 4.40. The lowest BCUT2D eigenvalue weighted by Crippen LogP contribution is -2.50. The number of aromatic nitrogens is 1. The van der Waals surface area contributed by atoms with Gasteiger partial charge in [0.25, 0.3) is 5.91 Å². The summed E-state index contributed by atoms with van der Waals surface area (Å²) in [5.74, 6) is -1.10. The molecule has 0 radical (unpaired) electrons. The molecule has 1 fully saturated rings. The third-order valence-electron chi connectivity index (χ3n) is 4.40. The first-order chi connectivity index (χ1) is 11.4. The number of carbonyl (C=O) groups is 2. The van der Waals surface area contributed by atoms with E-state index in [-0.39, 0.29) is 31.8 Å². The van der Waals surface area contributed by atoms with E-state index in [2.05, 4.69) is 5.16 Å². The number of aliphatic hydroxyl groups is 1. The minimum Gasteiger partial charge on any atom is -0.479 e. The number of benzene rings is 1. The zero-order valence-corrected chi connectivity index (χ0v) is 13.2. The molecule has 1 saturated heterocycles. The molecule has 1 amide bonds. The molecule has 7 nitrogen and oxygen atoms in total. The van der Waals surface area contributed by atoms with Gasteiger partial charge >= 0.3 is 5.97 Å². The number of piperidine rings is 1. The lowest BCUT2D eigenvalue weighted by atomic mass is 9.91. The Balaban J connectivity index is 1.85. The van der Waals surface area contributed by atoms with Gasteiger partial charge in [-0.25, -0.2) is 4.79 Å². The van der Waals surface area contributed by atoms with Gasteiger partial charge in [-0.15, -0.1) is 0 Å². The van der Waals surface area contributed by atoms with E-state index in [4.69, 9.17) is 9.63 Å². The number of nitrogens with zero attached hydrogens (tertiary/aromatic N) is 2. The van der Waals surface area contributed by atoms with Gasteiger partial charge in [0.1, 0.15) is 17.0 Å². The van der Waals surface area contributed by atoms with Gasteiger partial charge in [0.05, 0.1) is 0 Å². The zero-order chi connectivity index (χ0) is 17.3. The van der Waals surface area contributed by atoms with Gasteiger partial charge in [-0.05, 0) is 6.92 Å². The molecule has 2 aromatic rings. The molecule has 1 aliphatic heterocycles. The highest BCUT2D eigenvalue weighted by Gasteiger charge is 2.41. The molecule has 0 aliphatic carbocycles. The first kappa shape index (κ1) is 16.2. The molecule has 1 aromatic carbocycles. The second-order valence-corrected chi connectivity index (χ2v) is 5.96. The molecular formula is C17H18N2O5. The molecule has 0 saturated carbocycles. The van der Waals surface area contributed by atoms with Crippen LogP contribution in [0.4, 0.5) is 0 Å². The summed E-state index contributed by atoms with van der Waals surface area (Å²) in [5.41, 5.74) is -0.140. The normalized spacial score (nSPS) is 16.8. The zero-order valence-electron chi connectivity index (χ0n) is 13.2. The van der Waals surface area contributed by atoms with E-state index in [1.54, 1.807) is 6.92 Å². The number of hydrogen-bond donors (Lipinski definition) is 2. The van der Waals surface area contributed by atoms with Crippen LogP contribution >= 0.6 is 0 Å². The summed E-state index contributed by atoms with van der Waals surface area (Å²) in [6.07, 6.45) is -0.00184. The number of carboxylic acid groups (broad SMARTS) is 1. The standard InChI is InChI=1S/C17H18N2O5/c1-11-13(14(18-24-11)12-5-3-2-4-6-12)15(20)19-9-7-17(23,8-10-19)16(21)22/h2-6,23H,7-10H2,1H3,(H,21,22). The minimum atomic E-state index is -1.76. The fourth-order valence-corrected chi connectivity index (χ4v) is 2.87. The summed E-state index contributed by atoms with van der Waals surface area (Å²) in [6.45, 7) is 2.01. The molecule has 7 heteroatoms. The van der Waals surface area contributed by atoms with E-state index >= 15 is 0 Å². The van der Waals surface area contributed by atoms with Crippen LogP contribution in [-0.2, 0) is 4.79 Å². The number of rotatable bonds is 3. The van der Waals surface area contributed by atoms with Gasteiger partial charge < -0.3 is 19.6 Å². The topological polar surface area (TPSA) is 104 Å². The number of likely N-dealkylation sites (tertiary alicyclic amines) is 1. The summed E-state index contributed by atoms with van der Waals surface area (Å²) in [7, 11) is 0. The van der Waals surface area contributed by atoms with Crippen LogP contribution in [0, 0.1) is 6.92 Å². The van der Waals surface area contributed by atoms with Crippen molar-refractivity contribution < 1.29 is 24.3 Å². The van der Waals surface area contributed by atoms with E-state index in [1.165, 1.54) is 4.90 Å². The van der Waals surface area contributed by atoms with Crippen molar-refractivity contribution >= 4 is 11.9 Å². The Morgan fingerprint density at radius 3 is 2.42 bits per heavy atom. The van der Waals surface area contributed by atoms with Gasteiger partial charge in [0.15, 0.2) is 5.60 Å². The first-order valence-electron chi connectivity index (χ1n) is 7.69. The SMILES string of the molecule is Cc1onc(-c2ccccc2)c1C(=O)N1CCC(O)(C(=O)O)CC1. The van der Waals surface area contributed by atoms with Crippen molar-refractivity contribution in [2.75, 3.05) is 13.1 Å². The smallest absolute Gasteiger partial charge is 0.335 e. The number of aryl methyl sites for hydroxylation is 1. The molecule has 2 heterocycles. The maximum absolute atomic E-state index is 12.9. The molecule has 0 bridgehead atoms. The molecule has 1 aromatic heterocycles. The van der Waals surface area contributed by atoms with Crippen LogP contribution in [0.15, 0.2) is 34.9 Å². The van der Waals surface area contributed by atoms with Crippen molar-refractivity contribution in [3.05, 3.63) is 41.7 Å². The molecular weight excluding hydrogens is 312 g/mol. The highest BCUT2D eigenvalue weighted by Crippen LogP contribution is 2.29. The van der Waals surface area contributed by atoms with Crippen molar-refractivity contribution in [1.29, 1.82) is 0 Å². The van der Waals surface area contributed by atoms with Gasteiger partial charge in [-0.3, -0.25) is 4.79 Å². The molecule has 0 unspecified atom stereocenters. The summed E-state index contributed by atoms with van der Waals surface area (Å²) in [4.78, 5) is 25.5. The summed E-state index contributed by atoms with van der Waals surface area (Å²) in [6, 6.07) is 9.25. The fourth-order valence-electron chi connectivity index (χ4n) is 2.87. The molecule has 2 N–H and O–H groups in total. The largest absolute Gasteiger partial charge is 0.479 e. The third kappa shape index (κ3) is 2.78. The summed E-state index contributed by atoms with van der Waals surface area (Å²) in [5, 5.41) is 23.1. The van der Waals surface area contributed by atoms with Crippen molar-refractivity contribution in [2.24, 2.45) is 0 Å². The van der Waals surface area contributed by atoms with E-state index < -0.39 is 11.6 Å². The average molecular weight is 330 g/mol. The Hall–Kier alpha value is -2.67. The first-order valence-corrected chi connectivity index (χ1v) is 7.69. The second-order valence-electron chi connectivity index (χ2n) is 5.96. The van der Waals surface area contributed by atoms with Crippen LogP contribution in [0.3, 0.4) is 0 Å². The molecule has 0 atom stereocenters. The lowest BCUT2D eigenvalue weighted by molar-refractivity contribution is -0.162. The van der Waals surface area contributed by atoms with Crippen molar-refractivity contribution in [2.45, 2.75) is 25.4 Å². The Morgan fingerprint density at radius 2 is 1.83 bits per heavy atom. The summed E-state index contributed by atoms with van der Waals surface area (Å²) < 4.78 is 5.20. The van der Waals surface area contributed by atoms with Crippen LogP contribution in [0.5, 0.6) is 0 Å². The molecule has 3 rings (SSSR count). The quantitative estimate of drug-likeness (QED) is 0.888. The Labute approximate surface area is 138 Å². The van der Waals surface area contributed by atoms with E-state index in [1.807, 2.05) is 30.3 Å². The van der Waals surface area contributed by atoms with Gasteiger partial charge in [-0.2, -0.15) is 0 Å². The molecule has 126 valence electrons. The van der Waals surface area contributed by atoms with Crippen LogP contribution in [-0.4, -0.2) is 50.8 Å². The maximum Gasteiger partial charge on any atom is 0.335 e. The van der Waals surface area contributed by atoms with Crippen LogP contribution in [0.1, 0.15) is 29.0 Å². The Kier molecular flexibility index (Phi) is 4.11. The van der Waals surface area contributed by atoms with Crippen LogP contribution < -0.4 is 0 Å². The van der Waals surface area contributed by atoms with Gasteiger partial charge in [0.2, 0.25) is 0 Å². The predicted molar refractivity (Wildman–Crippen MR) is 84.4 cm³/mol. The van der Waals surface area contributed by atoms with Crippen molar-refractivity contribution in [1.82, 2.24) is 10.1 Å². The Morgan fingerprint density at radius 1 is 1.21 bits per heavy atom. The molecule has 0 spiro atoms. The predicted octanol–water partition coefficient (Wildman–Crippen LogP) is 1.70. The number of aliphatic carboxylic acids is 1. The van der Waals surface area contributed by atoms with E-state index in [0.717, 1.165) is 5.56 Å². The Bertz CT molecular complexity index is 761. The number of amides is 1. The number of carbonyl (C=O) groups excluding carboxylic acids is 1. The van der Waals surface area contributed by atoms with Gasteiger partial charge in [0, 0.05) is 31.5 Å². The van der Waals surface area contributed by atoms with Gasteiger partial charge in [-0.1, -0.05) is 35.5 Å². The highest BCUT2D eigenvalue weighted by molar-refractivity contribution is 6.01. The fraction of sp³-hybridized carbons (Fsp3) is 0.353. The highest BCUT2D eigenvalue weighted by atomic mass is 16.5. The second kappa shape index (κ2) is 6.09. The number of hydrogen-bond acceptors (Lipinski definition) is 5. The summed E-state index contributed by atoms with van der Waals surface area (Å²) >= 11 is 0. The molecule has 1 aliphatic rings.